The van der Waals surface area contributed by atoms with Gasteiger partial charge in [-0.2, -0.15) is 11.8 Å². The molecule has 1 aliphatic heterocycles. The van der Waals surface area contributed by atoms with Crippen LogP contribution in [0.5, 0.6) is 0 Å². The minimum atomic E-state index is 0.699. The van der Waals surface area contributed by atoms with Crippen molar-refractivity contribution < 1.29 is 9.47 Å². The number of ether oxygens (including phenoxy) is 2. The zero-order valence-electron chi connectivity index (χ0n) is 9.83. The maximum absolute atomic E-state index is 5.39. The number of rotatable bonds is 8. The van der Waals surface area contributed by atoms with E-state index in [0.29, 0.717) is 13.2 Å². The lowest BCUT2D eigenvalue weighted by Gasteiger charge is -2.11. The zero-order chi connectivity index (χ0) is 10.9. The highest BCUT2D eigenvalue weighted by Crippen LogP contribution is 2.25. The lowest BCUT2D eigenvalue weighted by Crippen LogP contribution is -2.30. The molecule has 90 valence electrons. The van der Waals surface area contributed by atoms with Crippen LogP contribution in [0.25, 0.3) is 0 Å². The smallest absolute Gasteiger partial charge is 0.0700 e. The van der Waals surface area contributed by atoms with Crippen LogP contribution in [0.1, 0.15) is 19.8 Å². The first kappa shape index (κ1) is 13.3. The predicted octanol–water partition coefficient (Wildman–Crippen LogP) is 1.52. The molecular weight excluding hydrogens is 210 g/mol. The number of nitrogens with one attached hydrogen (secondary N) is 1. The fraction of sp³-hybridized carbons (Fsp3) is 1.00. The summed E-state index contributed by atoms with van der Waals surface area (Å²) in [6.45, 7) is 5.63. The van der Waals surface area contributed by atoms with Gasteiger partial charge in [0.05, 0.1) is 13.2 Å². The molecule has 15 heavy (non-hydrogen) atoms. The highest BCUT2D eigenvalue weighted by Gasteiger charge is 2.20. The van der Waals surface area contributed by atoms with Crippen molar-refractivity contribution in [2.75, 3.05) is 39.2 Å². The average Bonchev–Trinajstić information content (AvgIpc) is 2.63. The van der Waals surface area contributed by atoms with E-state index in [-0.39, 0.29) is 0 Å². The summed E-state index contributed by atoms with van der Waals surface area (Å²) >= 11 is 2.07. The Morgan fingerprint density at radius 2 is 2.20 bits per heavy atom. The van der Waals surface area contributed by atoms with E-state index < -0.39 is 0 Å². The van der Waals surface area contributed by atoms with E-state index in [1.165, 1.54) is 12.2 Å². The van der Waals surface area contributed by atoms with Crippen LogP contribution in [-0.4, -0.2) is 50.5 Å². The standard InChI is InChI=1S/C11H23NO2S/c1-10-8-11(9-15-10)12-4-3-5-14-7-6-13-2/h10-12H,3-9H2,1-2H3. The Labute approximate surface area is 97.3 Å². The van der Waals surface area contributed by atoms with Crippen LogP contribution in [0.3, 0.4) is 0 Å². The normalized spacial score (nSPS) is 26.0. The maximum Gasteiger partial charge on any atom is 0.0700 e. The lowest BCUT2D eigenvalue weighted by molar-refractivity contribution is 0.0693. The van der Waals surface area contributed by atoms with Crippen molar-refractivity contribution in [3.63, 3.8) is 0 Å². The molecule has 2 atom stereocenters. The highest BCUT2D eigenvalue weighted by atomic mass is 32.2. The Morgan fingerprint density at radius 1 is 1.33 bits per heavy atom. The molecule has 0 amide bonds. The summed E-state index contributed by atoms with van der Waals surface area (Å²) in [7, 11) is 1.70. The van der Waals surface area contributed by atoms with Gasteiger partial charge in [-0.3, -0.25) is 0 Å². The van der Waals surface area contributed by atoms with Crippen molar-refractivity contribution in [1.82, 2.24) is 5.32 Å². The summed E-state index contributed by atoms with van der Waals surface area (Å²) in [6.07, 6.45) is 2.41. The van der Waals surface area contributed by atoms with Gasteiger partial charge in [0, 0.05) is 30.8 Å². The molecule has 0 aliphatic carbocycles. The first-order valence-electron chi connectivity index (χ1n) is 5.74. The van der Waals surface area contributed by atoms with Gasteiger partial charge in [0.2, 0.25) is 0 Å². The van der Waals surface area contributed by atoms with Crippen molar-refractivity contribution in [3.05, 3.63) is 0 Å². The third kappa shape index (κ3) is 6.40. The Hall–Kier alpha value is 0.230. The van der Waals surface area contributed by atoms with E-state index in [1.807, 2.05) is 0 Å². The Bertz CT molecular complexity index is 158. The maximum atomic E-state index is 5.39. The van der Waals surface area contributed by atoms with Crippen molar-refractivity contribution in [1.29, 1.82) is 0 Å². The van der Waals surface area contributed by atoms with Gasteiger partial charge in [0.1, 0.15) is 0 Å². The van der Waals surface area contributed by atoms with Gasteiger partial charge in [-0.25, -0.2) is 0 Å². The van der Waals surface area contributed by atoms with Crippen LogP contribution in [0, 0.1) is 0 Å². The largest absolute Gasteiger partial charge is 0.382 e. The third-order valence-electron chi connectivity index (χ3n) is 2.53. The second-order valence-electron chi connectivity index (χ2n) is 3.99. The molecule has 0 aromatic heterocycles. The molecule has 1 heterocycles. The minimum absolute atomic E-state index is 0.699. The third-order valence-corrected chi connectivity index (χ3v) is 3.88. The minimum Gasteiger partial charge on any atom is -0.382 e. The molecular formula is C11H23NO2S. The quantitative estimate of drug-likeness (QED) is 0.644. The molecule has 1 fully saturated rings. The van der Waals surface area contributed by atoms with E-state index in [2.05, 4.69) is 24.0 Å². The highest BCUT2D eigenvalue weighted by molar-refractivity contribution is 8.00. The molecule has 0 aromatic carbocycles. The molecule has 0 radical (unpaired) electrons. The molecule has 1 N–H and O–H groups in total. The summed E-state index contributed by atoms with van der Waals surface area (Å²) in [5, 5.41) is 4.40. The molecule has 4 heteroatoms. The summed E-state index contributed by atoms with van der Waals surface area (Å²) in [4.78, 5) is 0. The van der Waals surface area contributed by atoms with Crippen LogP contribution < -0.4 is 5.32 Å². The van der Waals surface area contributed by atoms with Crippen LogP contribution in [0.15, 0.2) is 0 Å². The Kier molecular flexibility index (Phi) is 7.44. The first-order valence-corrected chi connectivity index (χ1v) is 6.79. The van der Waals surface area contributed by atoms with E-state index in [9.17, 15) is 0 Å². The fourth-order valence-electron chi connectivity index (χ4n) is 1.68. The summed E-state index contributed by atoms with van der Waals surface area (Å²) < 4.78 is 10.3. The first-order chi connectivity index (χ1) is 7.33. The Balaban J connectivity index is 1.81. The summed E-state index contributed by atoms with van der Waals surface area (Å²) in [5.41, 5.74) is 0. The van der Waals surface area contributed by atoms with Crippen molar-refractivity contribution in [2.45, 2.75) is 31.1 Å². The zero-order valence-corrected chi connectivity index (χ0v) is 10.6. The molecule has 0 saturated carbocycles. The van der Waals surface area contributed by atoms with Gasteiger partial charge in [0.25, 0.3) is 0 Å². The van der Waals surface area contributed by atoms with Gasteiger partial charge >= 0.3 is 0 Å². The second-order valence-corrected chi connectivity index (χ2v) is 5.46. The number of hydrogen-bond donors (Lipinski definition) is 1. The van der Waals surface area contributed by atoms with Crippen LogP contribution in [-0.2, 0) is 9.47 Å². The van der Waals surface area contributed by atoms with Gasteiger partial charge in [-0.05, 0) is 19.4 Å². The van der Waals surface area contributed by atoms with Crippen molar-refractivity contribution in [2.24, 2.45) is 0 Å². The second kappa shape index (κ2) is 8.39. The van der Waals surface area contributed by atoms with Gasteiger partial charge in [-0.15, -0.1) is 0 Å². The molecule has 1 aliphatic rings. The molecule has 2 unspecified atom stereocenters. The molecule has 1 rings (SSSR count). The monoisotopic (exact) mass is 233 g/mol. The van der Waals surface area contributed by atoms with Crippen molar-refractivity contribution in [3.8, 4) is 0 Å². The number of methoxy groups -OCH3 is 1. The summed E-state index contributed by atoms with van der Waals surface area (Å²) in [5.74, 6) is 1.27. The molecule has 3 nitrogen and oxygen atoms in total. The number of hydrogen-bond acceptors (Lipinski definition) is 4. The van der Waals surface area contributed by atoms with Crippen LogP contribution in [0.2, 0.25) is 0 Å². The SMILES string of the molecule is COCCOCCCNC1CSC(C)C1. The van der Waals surface area contributed by atoms with Crippen molar-refractivity contribution >= 4 is 11.8 Å². The van der Waals surface area contributed by atoms with Gasteiger partial charge < -0.3 is 14.8 Å². The van der Waals surface area contributed by atoms with Gasteiger partial charge in [0.15, 0.2) is 0 Å². The predicted molar refractivity (Wildman–Crippen MR) is 65.6 cm³/mol. The molecule has 0 aromatic rings. The molecule has 0 bridgehead atoms. The lowest BCUT2D eigenvalue weighted by atomic mass is 10.2. The van der Waals surface area contributed by atoms with E-state index in [1.54, 1.807) is 7.11 Å². The van der Waals surface area contributed by atoms with Crippen LogP contribution in [0.4, 0.5) is 0 Å². The number of thioether (sulfide) groups is 1. The fourth-order valence-corrected chi connectivity index (χ4v) is 2.87. The molecule has 1 saturated heterocycles. The van der Waals surface area contributed by atoms with Gasteiger partial charge in [-0.1, -0.05) is 6.92 Å². The summed E-state index contributed by atoms with van der Waals surface area (Å²) in [6, 6.07) is 0.726. The van der Waals surface area contributed by atoms with E-state index in [4.69, 9.17) is 9.47 Å². The van der Waals surface area contributed by atoms with Crippen LogP contribution >= 0.6 is 11.8 Å². The average molecular weight is 233 g/mol. The topological polar surface area (TPSA) is 30.5 Å². The molecule has 0 spiro atoms. The van der Waals surface area contributed by atoms with E-state index in [0.717, 1.165) is 30.9 Å². The Morgan fingerprint density at radius 3 is 2.87 bits per heavy atom. The van der Waals surface area contributed by atoms with E-state index >= 15 is 0 Å².